The maximum Gasteiger partial charge on any atom is 0.180 e. The molecule has 2 aliphatic heterocycles. The van der Waals surface area contributed by atoms with E-state index in [1.807, 2.05) is 32.3 Å². The van der Waals surface area contributed by atoms with Crippen LogP contribution < -0.4 is 10.1 Å². The third-order valence-electron chi connectivity index (χ3n) is 6.57. The Balaban J connectivity index is 1.51. The van der Waals surface area contributed by atoms with Crippen LogP contribution in [-0.2, 0) is 6.61 Å². The number of hydrogen-bond acceptors (Lipinski definition) is 5. The van der Waals surface area contributed by atoms with E-state index in [1.165, 1.54) is 18.2 Å². The molecule has 34 heavy (non-hydrogen) atoms. The molecule has 2 aliphatic rings. The minimum absolute atomic E-state index is 0.0913. The quantitative estimate of drug-likeness (QED) is 0.609. The Morgan fingerprint density at radius 1 is 1.15 bits per heavy atom. The fraction of sp³-hybridized carbons (Fsp3) is 0.385. The molecule has 1 saturated heterocycles. The molecule has 6 nitrogen and oxygen atoms in total. The van der Waals surface area contributed by atoms with Gasteiger partial charge in [-0.1, -0.05) is 13.0 Å². The van der Waals surface area contributed by atoms with Crippen molar-refractivity contribution in [3.63, 3.8) is 0 Å². The second kappa shape index (κ2) is 9.18. The van der Waals surface area contributed by atoms with Crippen molar-refractivity contribution in [3.8, 4) is 5.75 Å². The van der Waals surface area contributed by atoms with Gasteiger partial charge in [0.05, 0.1) is 17.0 Å². The summed E-state index contributed by atoms with van der Waals surface area (Å²) in [5.74, 6) is 0.548. The first-order chi connectivity index (χ1) is 16.4. The van der Waals surface area contributed by atoms with Gasteiger partial charge in [0.2, 0.25) is 0 Å². The number of nitrogens with one attached hydrogen (secondary N) is 1. The number of fused-ring (bicyclic) bond motifs is 1. The molecular weight excluding hydrogens is 436 g/mol. The smallest absolute Gasteiger partial charge is 0.180 e. The molecule has 0 saturated carbocycles. The highest BCUT2D eigenvalue weighted by atomic mass is 19.1. The number of hydrogen-bond donors (Lipinski definition) is 1. The van der Waals surface area contributed by atoms with Gasteiger partial charge < -0.3 is 15.0 Å². The zero-order chi connectivity index (χ0) is 23.8. The van der Waals surface area contributed by atoms with Gasteiger partial charge in [-0.2, -0.15) is 0 Å². The van der Waals surface area contributed by atoms with E-state index >= 15 is 0 Å². The third-order valence-corrected chi connectivity index (χ3v) is 6.57. The Morgan fingerprint density at radius 3 is 2.62 bits per heavy atom. The van der Waals surface area contributed by atoms with Crippen molar-refractivity contribution in [2.45, 2.75) is 33.3 Å². The van der Waals surface area contributed by atoms with E-state index < -0.39 is 11.6 Å². The van der Waals surface area contributed by atoms with Gasteiger partial charge in [-0.15, -0.1) is 0 Å². The Morgan fingerprint density at radius 2 is 1.88 bits per heavy atom. The highest BCUT2D eigenvalue weighted by Crippen LogP contribution is 2.35. The third kappa shape index (κ3) is 4.18. The summed E-state index contributed by atoms with van der Waals surface area (Å²) in [6, 6.07) is 5.68. The molecule has 0 spiro atoms. The molecule has 178 valence electrons. The van der Waals surface area contributed by atoms with Crippen LogP contribution in [0.2, 0.25) is 0 Å². The molecule has 8 heteroatoms. The number of halogens is 2. The van der Waals surface area contributed by atoms with E-state index in [9.17, 15) is 8.78 Å². The van der Waals surface area contributed by atoms with Crippen LogP contribution in [0.25, 0.3) is 5.65 Å². The molecule has 2 unspecified atom stereocenters. The van der Waals surface area contributed by atoms with Crippen molar-refractivity contribution in [2.75, 3.05) is 26.2 Å². The van der Waals surface area contributed by atoms with E-state index in [0.29, 0.717) is 11.4 Å². The molecule has 1 fully saturated rings. The van der Waals surface area contributed by atoms with Gasteiger partial charge in [0.15, 0.2) is 11.4 Å². The van der Waals surface area contributed by atoms with Crippen LogP contribution in [0, 0.1) is 31.4 Å². The maximum absolute atomic E-state index is 14.1. The van der Waals surface area contributed by atoms with Gasteiger partial charge in [0, 0.05) is 50.4 Å². The number of benzene rings is 1. The van der Waals surface area contributed by atoms with Gasteiger partial charge in [-0.05, 0) is 43.7 Å². The normalized spacial score (nSPS) is 20.6. The number of aromatic nitrogens is 2. The van der Waals surface area contributed by atoms with Gasteiger partial charge in [0.25, 0.3) is 0 Å². The SMILES string of the molecule is Cc1cc(OCc2c(F)cccc2F)c2nc(C)c(C3C=C(N4CCNCC4)N=CC3C)n2c1. The lowest BCUT2D eigenvalue weighted by atomic mass is 9.88. The molecular formula is C26H29F2N5O. The molecule has 0 radical (unpaired) electrons. The summed E-state index contributed by atoms with van der Waals surface area (Å²) in [5.41, 5.74) is 3.49. The van der Waals surface area contributed by atoms with Crippen molar-refractivity contribution in [1.82, 2.24) is 19.6 Å². The number of imidazole rings is 1. The summed E-state index contributed by atoms with van der Waals surface area (Å²) < 4.78 is 36.2. The first-order valence-corrected chi connectivity index (χ1v) is 11.7. The fourth-order valence-electron chi connectivity index (χ4n) is 4.75. The summed E-state index contributed by atoms with van der Waals surface area (Å²) in [6.07, 6.45) is 6.30. The second-order valence-corrected chi connectivity index (χ2v) is 9.07. The zero-order valence-corrected chi connectivity index (χ0v) is 19.7. The summed E-state index contributed by atoms with van der Waals surface area (Å²) in [7, 11) is 0. The zero-order valence-electron chi connectivity index (χ0n) is 19.7. The van der Waals surface area contributed by atoms with Crippen molar-refractivity contribution < 1.29 is 13.5 Å². The van der Waals surface area contributed by atoms with Crippen LogP contribution in [0.5, 0.6) is 5.75 Å². The number of allylic oxidation sites excluding steroid dienone is 1. The number of nitrogens with zero attached hydrogens (tertiary/aromatic N) is 4. The number of ether oxygens (including phenoxy) is 1. The molecule has 0 amide bonds. The average molecular weight is 466 g/mol. The number of aryl methyl sites for hydroxylation is 2. The van der Waals surface area contributed by atoms with E-state index in [4.69, 9.17) is 14.7 Å². The molecule has 0 aliphatic carbocycles. The lowest BCUT2D eigenvalue weighted by Gasteiger charge is -2.33. The average Bonchev–Trinajstić information content (AvgIpc) is 3.15. The molecule has 1 N–H and O–H groups in total. The number of aliphatic imine (C=N–C) groups is 1. The Labute approximate surface area is 198 Å². The van der Waals surface area contributed by atoms with Crippen LogP contribution in [0.15, 0.2) is 47.4 Å². The van der Waals surface area contributed by atoms with E-state index in [0.717, 1.165) is 49.0 Å². The van der Waals surface area contributed by atoms with Crippen molar-refractivity contribution in [3.05, 3.63) is 76.5 Å². The van der Waals surface area contributed by atoms with Crippen LogP contribution in [0.4, 0.5) is 8.78 Å². The Bertz CT molecular complexity index is 1260. The molecule has 4 heterocycles. The largest absolute Gasteiger partial charge is 0.485 e. The molecule has 2 aromatic heterocycles. The number of rotatable bonds is 5. The molecule has 3 aromatic rings. The first-order valence-electron chi connectivity index (χ1n) is 11.7. The highest BCUT2D eigenvalue weighted by Gasteiger charge is 2.28. The van der Waals surface area contributed by atoms with Crippen LogP contribution >= 0.6 is 0 Å². The Hall–Kier alpha value is -3.26. The summed E-state index contributed by atoms with van der Waals surface area (Å²) in [4.78, 5) is 11.9. The Kier molecular flexibility index (Phi) is 6.08. The fourth-order valence-corrected chi connectivity index (χ4v) is 4.75. The molecule has 2 atom stereocenters. The maximum atomic E-state index is 14.1. The summed E-state index contributed by atoms with van der Waals surface area (Å²) in [6.45, 7) is 9.68. The van der Waals surface area contributed by atoms with Crippen LogP contribution in [-0.4, -0.2) is 46.7 Å². The van der Waals surface area contributed by atoms with Crippen molar-refractivity contribution >= 4 is 11.9 Å². The van der Waals surface area contributed by atoms with E-state index in [-0.39, 0.29) is 24.0 Å². The van der Waals surface area contributed by atoms with Crippen molar-refractivity contribution in [2.24, 2.45) is 10.9 Å². The van der Waals surface area contributed by atoms with E-state index in [1.54, 1.807) is 0 Å². The van der Waals surface area contributed by atoms with Crippen LogP contribution in [0.3, 0.4) is 0 Å². The monoisotopic (exact) mass is 465 g/mol. The van der Waals surface area contributed by atoms with Gasteiger partial charge in [-0.25, -0.2) is 18.8 Å². The second-order valence-electron chi connectivity index (χ2n) is 9.07. The predicted molar refractivity (Wildman–Crippen MR) is 128 cm³/mol. The minimum atomic E-state index is -0.621. The van der Waals surface area contributed by atoms with Crippen LogP contribution in [0.1, 0.15) is 35.4 Å². The van der Waals surface area contributed by atoms with E-state index in [2.05, 4.69) is 27.6 Å². The van der Waals surface area contributed by atoms with Gasteiger partial charge in [0.1, 0.15) is 24.1 Å². The predicted octanol–water partition coefficient (Wildman–Crippen LogP) is 4.36. The first kappa shape index (κ1) is 22.5. The number of piperazine rings is 1. The molecule has 0 bridgehead atoms. The molecule has 5 rings (SSSR count). The lowest BCUT2D eigenvalue weighted by Crippen LogP contribution is -2.43. The molecule has 1 aromatic carbocycles. The number of pyridine rings is 1. The van der Waals surface area contributed by atoms with Gasteiger partial charge >= 0.3 is 0 Å². The highest BCUT2D eigenvalue weighted by molar-refractivity contribution is 5.67. The van der Waals surface area contributed by atoms with Gasteiger partial charge in [-0.3, -0.25) is 4.40 Å². The summed E-state index contributed by atoms with van der Waals surface area (Å²) >= 11 is 0. The summed E-state index contributed by atoms with van der Waals surface area (Å²) in [5, 5.41) is 3.38. The standard InChI is InChI=1S/C26H29F2N5O/c1-16-11-23(34-15-20-21(27)5-4-6-22(20)28)26-31-18(3)25(33(26)14-16)19-12-24(30-13-17(19)2)32-9-7-29-8-10-32/h4-6,11-14,17,19,29H,7-10,15H2,1-3H3. The topological polar surface area (TPSA) is 54.2 Å². The minimum Gasteiger partial charge on any atom is -0.485 e. The van der Waals surface area contributed by atoms with Crippen molar-refractivity contribution in [1.29, 1.82) is 0 Å². The lowest BCUT2D eigenvalue weighted by molar-refractivity contribution is 0.293.